The molecule has 0 aliphatic heterocycles. The molecule has 0 bridgehead atoms. The summed E-state index contributed by atoms with van der Waals surface area (Å²) in [5.74, 6) is -5.29. The van der Waals surface area contributed by atoms with Crippen LogP contribution in [0.4, 0.5) is 13.2 Å². The number of hydrogen-bond acceptors (Lipinski definition) is 3. The van der Waals surface area contributed by atoms with Gasteiger partial charge in [0, 0.05) is 5.56 Å². The van der Waals surface area contributed by atoms with Crippen LogP contribution >= 0.6 is 11.6 Å². The number of benzene rings is 1. The van der Waals surface area contributed by atoms with Gasteiger partial charge >= 0.3 is 0 Å². The van der Waals surface area contributed by atoms with Crippen LogP contribution in [0.25, 0.3) is 0 Å². The van der Waals surface area contributed by atoms with E-state index in [9.17, 15) is 18.3 Å². The molecule has 4 N–H and O–H groups in total. The molecule has 16 heavy (non-hydrogen) atoms. The van der Waals surface area contributed by atoms with Crippen LogP contribution in [-0.4, -0.2) is 22.7 Å². The Kier molecular flexibility index (Phi) is 3.67. The molecule has 0 spiro atoms. The molecule has 0 saturated carbocycles. The lowest BCUT2D eigenvalue weighted by atomic mass is 10.0. The molecule has 0 heterocycles. The molecule has 0 aromatic heterocycles. The van der Waals surface area contributed by atoms with E-state index in [0.29, 0.717) is 6.07 Å². The van der Waals surface area contributed by atoms with E-state index in [1.807, 2.05) is 0 Å². The third-order valence-electron chi connectivity index (χ3n) is 2.06. The number of nitrogens with two attached hydrogens (primary N) is 1. The first kappa shape index (κ1) is 13.1. The van der Waals surface area contributed by atoms with Crippen molar-refractivity contribution in [2.45, 2.75) is 12.0 Å². The molecule has 1 rings (SSSR count). The zero-order valence-corrected chi connectivity index (χ0v) is 8.68. The molecule has 0 aliphatic rings. The van der Waals surface area contributed by atoms with Crippen molar-refractivity contribution in [1.82, 2.24) is 0 Å². The summed E-state index contributed by atoms with van der Waals surface area (Å²) in [4.78, 5) is 0. The Balaban J connectivity index is 3.23. The molecule has 7 heteroatoms. The van der Waals surface area contributed by atoms with E-state index < -0.39 is 40.7 Å². The maximum absolute atomic E-state index is 13.0. The first-order valence-electron chi connectivity index (χ1n) is 4.21. The van der Waals surface area contributed by atoms with Crippen molar-refractivity contribution in [2.24, 2.45) is 5.73 Å². The number of rotatable bonds is 3. The van der Waals surface area contributed by atoms with Gasteiger partial charge in [-0.15, -0.1) is 0 Å². The molecule has 1 aromatic carbocycles. The van der Waals surface area contributed by atoms with E-state index >= 15 is 0 Å². The Morgan fingerprint density at radius 2 is 2.00 bits per heavy atom. The van der Waals surface area contributed by atoms with Gasteiger partial charge in [0.2, 0.25) is 0 Å². The predicted octanol–water partition coefficient (Wildman–Crippen LogP) is 1.81. The second kappa shape index (κ2) is 4.48. The fourth-order valence-corrected chi connectivity index (χ4v) is 1.36. The average molecular weight is 256 g/mol. The quantitative estimate of drug-likeness (QED) is 0.772. The highest BCUT2D eigenvalue weighted by Gasteiger charge is 2.39. The summed E-state index contributed by atoms with van der Waals surface area (Å²) in [5.41, 5.74) is 4.57. The van der Waals surface area contributed by atoms with Crippen molar-refractivity contribution in [3.63, 3.8) is 0 Å². The van der Waals surface area contributed by atoms with Gasteiger partial charge in [-0.05, 0) is 12.1 Å². The highest BCUT2D eigenvalue weighted by Crippen LogP contribution is 2.37. The van der Waals surface area contributed by atoms with Gasteiger partial charge in [-0.3, -0.25) is 0 Å². The van der Waals surface area contributed by atoms with Gasteiger partial charge in [0.15, 0.2) is 0 Å². The number of phenolic OH excluding ortho intramolecular Hbond substituents is 1. The minimum Gasteiger partial charge on any atom is -0.506 e. The van der Waals surface area contributed by atoms with Crippen molar-refractivity contribution < 1.29 is 23.4 Å². The molecule has 0 unspecified atom stereocenters. The van der Waals surface area contributed by atoms with Gasteiger partial charge in [-0.2, -0.15) is 0 Å². The van der Waals surface area contributed by atoms with Crippen LogP contribution in [0.1, 0.15) is 11.6 Å². The van der Waals surface area contributed by atoms with E-state index in [1.54, 1.807) is 0 Å². The second-order valence-corrected chi connectivity index (χ2v) is 3.63. The molecule has 0 amide bonds. The molecule has 1 aromatic rings. The molecule has 1 atom stereocenters. The third kappa shape index (κ3) is 2.40. The first-order valence-corrected chi connectivity index (χ1v) is 4.59. The summed E-state index contributed by atoms with van der Waals surface area (Å²) in [6.07, 6.45) is 0. The molecule has 0 radical (unpaired) electrons. The standard InChI is InChI=1S/C9H9ClF3NO2/c10-6-2-4(11)1-5(7(6)16)8(14)9(12,13)3-15/h1-2,8,15-16H,3,14H2/t8-/m1/s1. The Morgan fingerprint density at radius 1 is 1.44 bits per heavy atom. The summed E-state index contributed by atoms with van der Waals surface area (Å²) in [6, 6.07) is -0.620. The number of hydrogen-bond donors (Lipinski definition) is 3. The van der Waals surface area contributed by atoms with Crippen molar-refractivity contribution >= 4 is 11.6 Å². The highest BCUT2D eigenvalue weighted by atomic mass is 35.5. The maximum atomic E-state index is 13.0. The minimum absolute atomic E-state index is 0.417. The van der Waals surface area contributed by atoms with Crippen LogP contribution in [0.5, 0.6) is 5.75 Å². The number of aromatic hydroxyl groups is 1. The fraction of sp³-hybridized carbons (Fsp3) is 0.333. The van der Waals surface area contributed by atoms with Crippen LogP contribution in [0.3, 0.4) is 0 Å². The number of aliphatic hydroxyl groups excluding tert-OH is 1. The van der Waals surface area contributed by atoms with Gasteiger partial charge in [0.25, 0.3) is 5.92 Å². The number of alkyl halides is 2. The summed E-state index contributed by atoms with van der Waals surface area (Å²) in [5, 5.41) is 17.4. The van der Waals surface area contributed by atoms with Crippen LogP contribution in [0.15, 0.2) is 12.1 Å². The highest BCUT2D eigenvalue weighted by molar-refractivity contribution is 6.32. The second-order valence-electron chi connectivity index (χ2n) is 3.22. The van der Waals surface area contributed by atoms with E-state index in [1.165, 1.54) is 0 Å². The zero-order valence-electron chi connectivity index (χ0n) is 7.92. The molecule has 90 valence electrons. The molecule has 0 saturated heterocycles. The maximum Gasteiger partial charge on any atom is 0.289 e. The lowest BCUT2D eigenvalue weighted by Crippen LogP contribution is -2.36. The van der Waals surface area contributed by atoms with Crippen molar-refractivity contribution in [1.29, 1.82) is 0 Å². The van der Waals surface area contributed by atoms with E-state index in [0.717, 1.165) is 6.07 Å². The number of halogens is 4. The third-order valence-corrected chi connectivity index (χ3v) is 2.35. The summed E-state index contributed by atoms with van der Waals surface area (Å²) >= 11 is 5.40. The Bertz CT molecular complexity index is 401. The van der Waals surface area contributed by atoms with Crippen molar-refractivity contribution in [2.75, 3.05) is 6.61 Å². The SMILES string of the molecule is N[C@H](c1cc(F)cc(Cl)c1O)C(F)(F)CO. The molecule has 0 fully saturated rings. The smallest absolute Gasteiger partial charge is 0.289 e. The van der Waals surface area contributed by atoms with Gasteiger partial charge < -0.3 is 15.9 Å². The normalized spacial score (nSPS) is 13.9. The minimum atomic E-state index is -3.67. The predicted molar refractivity (Wildman–Crippen MR) is 52.0 cm³/mol. The van der Waals surface area contributed by atoms with Crippen molar-refractivity contribution in [3.8, 4) is 5.75 Å². The van der Waals surface area contributed by atoms with Crippen LogP contribution in [-0.2, 0) is 0 Å². The first-order chi connectivity index (χ1) is 7.29. The van der Waals surface area contributed by atoms with Gasteiger partial charge in [0.1, 0.15) is 24.2 Å². The Morgan fingerprint density at radius 3 is 2.50 bits per heavy atom. The van der Waals surface area contributed by atoms with Crippen LogP contribution in [0, 0.1) is 5.82 Å². The molecule has 0 aliphatic carbocycles. The zero-order chi connectivity index (χ0) is 12.5. The molecule has 3 nitrogen and oxygen atoms in total. The van der Waals surface area contributed by atoms with Crippen LogP contribution in [0.2, 0.25) is 5.02 Å². The monoisotopic (exact) mass is 255 g/mol. The molecular weight excluding hydrogens is 247 g/mol. The van der Waals surface area contributed by atoms with Gasteiger partial charge in [-0.25, -0.2) is 13.2 Å². The Labute approximate surface area is 94.3 Å². The number of aliphatic hydroxyl groups is 1. The van der Waals surface area contributed by atoms with E-state index in [2.05, 4.69) is 0 Å². The molecular formula is C9H9ClF3NO2. The van der Waals surface area contributed by atoms with E-state index in [4.69, 9.17) is 22.4 Å². The topological polar surface area (TPSA) is 66.5 Å². The summed E-state index contributed by atoms with van der Waals surface area (Å²) in [7, 11) is 0. The lowest BCUT2D eigenvalue weighted by molar-refractivity contribution is -0.0716. The number of phenols is 1. The largest absolute Gasteiger partial charge is 0.506 e. The van der Waals surface area contributed by atoms with Gasteiger partial charge in [-0.1, -0.05) is 11.6 Å². The van der Waals surface area contributed by atoms with Crippen molar-refractivity contribution in [3.05, 3.63) is 28.5 Å². The van der Waals surface area contributed by atoms with Crippen LogP contribution < -0.4 is 5.73 Å². The average Bonchev–Trinajstić information content (AvgIpc) is 2.22. The fourth-order valence-electron chi connectivity index (χ4n) is 1.15. The Hall–Kier alpha value is -0.980. The summed E-state index contributed by atoms with van der Waals surface area (Å²) < 4.78 is 38.9. The van der Waals surface area contributed by atoms with Gasteiger partial charge in [0.05, 0.1) is 5.02 Å². The van der Waals surface area contributed by atoms with E-state index in [-0.39, 0.29) is 0 Å². The lowest BCUT2D eigenvalue weighted by Gasteiger charge is -2.22. The summed E-state index contributed by atoms with van der Waals surface area (Å²) in [6.45, 7) is -1.51.